The predicted molar refractivity (Wildman–Crippen MR) is 47.0 cm³/mol. The van der Waals surface area contributed by atoms with Crippen LogP contribution in [0.15, 0.2) is 0 Å². The van der Waals surface area contributed by atoms with Crippen LogP contribution in [-0.2, 0) is 45.4 Å². The summed E-state index contributed by atoms with van der Waals surface area (Å²) in [5.74, 6) is -0.0358. The Labute approximate surface area is 111 Å². The number of rotatable bonds is 6. The fraction of sp³-hybridized carbons (Fsp3) is 0.200. The molecule has 0 spiro atoms. The summed E-state index contributed by atoms with van der Waals surface area (Å²) in [6.07, 6.45) is 4.46. The third-order valence-corrected chi connectivity index (χ3v) is 0.705. The van der Waals surface area contributed by atoms with Gasteiger partial charge >= 0.3 is 33.9 Å². The van der Waals surface area contributed by atoms with Crippen LogP contribution in [0.25, 0.3) is 0 Å². The summed E-state index contributed by atoms with van der Waals surface area (Å²) < 4.78 is 26.7. The second-order valence-electron chi connectivity index (χ2n) is 1.60. The monoisotopic (exact) mass is 280 g/mol. The molecule has 0 aromatic heterocycles. The van der Waals surface area contributed by atoms with Crippen molar-refractivity contribution in [3.63, 3.8) is 0 Å². The molecule has 0 saturated carbocycles. The molecule has 17 heavy (non-hydrogen) atoms. The zero-order valence-electron chi connectivity index (χ0n) is 8.74. The third kappa shape index (κ3) is 71.4. The molecule has 93 valence electrons. The number of carbonyl (C=O) groups excluding carboxylic acids is 2. The Balaban J connectivity index is -0.0000000594. The third-order valence-electron chi connectivity index (χ3n) is 0.705. The molecule has 0 saturated heterocycles. The van der Waals surface area contributed by atoms with Crippen LogP contribution >= 0.6 is 0 Å². The average molecular weight is 280 g/mol. The van der Waals surface area contributed by atoms with E-state index in [9.17, 15) is 9.59 Å². The largest absolute Gasteiger partial charge is 0 e. The minimum absolute atomic E-state index is 0. The summed E-state index contributed by atoms with van der Waals surface area (Å²) in [5.41, 5.74) is 0. The van der Waals surface area contributed by atoms with E-state index in [-0.39, 0.29) is 29.5 Å². The van der Waals surface area contributed by atoms with Crippen LogP contribution < -0.4 is 0 Å². The topological polar surface area (TPSA) is 103 Å². The average Bonchev–Trinajstić information content (AvgIpc) is 2.36. The van der Waals surface area contributed by atoms with Crippen molar-refractivity contribution in [1.29, 1.82) is 0 Å². The van der Waals surface area contributed by atoms with Gasteiger partial charge in [0, 0.05) is 23.5 Å². The molecule has 0 N–H and O–H groups in total. The summed E-state index contributed by atoms with van der Waals surface area (Å²) in [6.45, 7) is 16.4. The van der Waals surface area contributed by atoms with Gasteiger partial charge in [0.1, 0.15) is 5.78 Å². The van der Waals surface area contributed by atoms with E-state index in [1.54, 1.807) is 6.42 Å². The summed E-state index contributed by atoms with van der Waals surface area (Å²) >= 11 is 0. The van der Waals surface area contributed by atoms with Crippen molar-refractivity contribution >= 4 is 12.3 Å². The molecular formula is C10H8FeO6-. The number of Topliss-reactive ketones (excluding diaryl/α,β-unsaturated/α-hetero) is 1. The summed E-state index contributed by atoms with van der Waals surface area (Å²) in [5, 5.41) is 0. The molecule has 0 aliphatic carbocycles. The quantitative estimate of drug-likeness (QED) is 0.299. The van der Waals surface area contributed by atoms with Crippen molar-refractivity contribution in [2.45, 2.75) is 6.92 Å². The molecule has 0 rings (SSSR count). The molecule has 0 fully saturated rings. The first-order valence-electron chi connectivity index (χ1n) is 3.38. The van der Waals surface area contributed by atoms with Crippen LogP contribution in [0.2, 0.25) is 0 Å². The van der Waals surface area contributed by atoms with Crippen molar-refractivity contribution in [2.75, 3.05) is 6.61 Å². The minimum atomic E-state index is -0.0358. The standard InChI is InChI=1S/C7H8O3.3CO.Fe/c1-7(9)4-2-3-5-10-6-8;3*1-2;/h2-4H,5H2,1H3;;;;/q-1;;;;. The van der Waals surface area contributed by atoms with Crippen molar-refractivity contribution < 1.29 is 45.4 Å². The van der Waals surface area contributed by atoms with Crippen LogP contribution in [0.4, 0.5) is 0 Å². The molecule has 3 radical (unpaired) electrons. The minimum Gasteiger partial charge on any atom is 0 e. The van der Waals surface area contributed by atoms with Gasteiger partial charge in [-0.25, -0.2) is 0 Å². The van der Waals surface area contributed by atoms with Gasteiger partial charge in [-0.2, -0.15) is 0 Å². The number of hydrogen-bond donors (Lipinski definition) is 0. The Morgan fingerprint density at radius 1 is 1.24 bits per heavy atom. The van der Waals surface area contributed by atoms with E-state index in [0.717, 1.165) is 0 Å². The Bertz CT molecular complexity index is 194. The molecule has 0 aliphatic heterocycles. The maximum atomic E-state index is 10.3. The van der Waals surface area contributed by atoms with Gasteiger partial charge in [-0.15, -0.1) is 0 Å². The normalized spacial score (nSPS) is 5.59. The predicted octanol–water partition coefficient (Wildman–Crippen LogP) is 0.157. The van der Waals surface area contributed by atoms with Gasteiger partial charge in [0.05, 0.1) is 6.61 Å². The Kier molecular flexibility index (Phi) is 80.7. The SMILES string of the molecule is CC(=O)[CH][CH][CH]CO[C-]=O.[C-]#[O+].[C-]#[O+].[C-]#[O+].[Fe]. The summed E-state index contributed by atoms with van der Waals surface area (Å²) in [7, 11) is 0. The van der Waals surface area contributed by atoms with Gasteiger partial charge in [-0.3, -0.25) is 4.79 Å². The molecule has 0 unspecified atom stereocenters. The zero-order chi connectivity index (χ0) is 13.8. The molecule has 6 nitrogen and oxygen atoms in total. The smallest absolute Gasteiger partial charge is 0 e. The van der Waals surface area contributed by atoms with E-state index in [1.165, 1.54) is 26.2 Å². The fourth-order valence-electron chi connectivity index (χ4n) is 0.341. The fourth-order valence-corrected chi connectivity index (χ4v) is 0.341. The van der Waals surface area contributed by atoms with Gasteiger partial charge < -0.3 is 9.53 Å². The van der Waals surface area contributed by atoms with Crippen LogP contribution in [0.5, 0.6) is 0 Å². The molecule has 0 aromatic carbocycles. The molecule has 0 heterocycles. The molecule has 0 aliphatic rings. The van der Waals surface area contributed by atoms with Gasteiger partial charge in [0.2, 0.25) is 0 Å². The molecular weight excluding hydrogens is 272 g/mol. The van der Waals surface area contributed by atoms with E-state index >= 15 is 0 Å². The van der Waals surface area contributed by atoms with Crippen molar-refractivity contribution in [3.05, 3.63) is 39.2 Å². The number of unbranched alkanes of at least 4 members (excludes halogenated alkanes) is 1. The second kappa shape index (κ2) is 46.2. The van der Waals surface area contributed by atoms with E-state index in [1.807, 2.05) is 0 Å². The van der Waals surface area contributed by atoms with Crippen molar-refractivity contribution in [3.8, 4) is 0 Å². The molecule has 0 atom stereocenters. The zero-order valence-corrected chi connectivity index (χ0v) is 9.85. The first kappa shape index (κ1) is 29.7. The van der Waals surface area contributed by atoms with Gasteiger partial charge in [-0.1, -0.05) is 6.47 Å². The van der Waals surface area contributed by atoms with Gasteiger partial charge in [0.15, 0.2) is 0 Å². The molecule has 0 aromatic rings. The number of hydrogen-bond acceptors (Lipinski definition) is 3. The van der Waals surface area contributed by atoms with Crippen LogP contribution in [0.1, 0.15) is 6.92 Å². The van der Waals surface area contributed by atoms with Crippen molar-refractivity contribution in [1.82, 2.24) is 0 Å². The first-order valence-corrected chi connectivity index (χ1v) is 3.38. The maximum Gasteiger partial charge on any atom is 0 e. The van der Waals surface area contributed by atoms with Gasteiger partial charge in [-0.05, 0) is 19.8 Å². The Morgan fingerprint density at radius 3 is 1.94 bits per heavy atom. The molecule has 0 amide bonds. The first-order chi connectivity index (χ1) is 7.77. The molecule has 7 heteroatoms. The number of ether oxygens (including phenoxy) is 1. The van der Waals surface area contributed by atoms with Crippen LogP contribution in [0.3, 0.4) is 0 Å². The van der Waals surface area contributed by atoms with Crippen LogP contribution in [0, 0.1) is 39.2 Å². The number of carbonyl (C=O) groups is 1. The summed E-state index contributed by atoms with van der Waals surface area (Å²) in [4.78, 5) is 19.7. The van der Waals surface area contributed by atoms with Crippen molar-refractivity contribution in [2.24, 2.45) is 0 Å². The van der Waals surface area contributed by atoms with E-state index in [2.05, 4.69) is 24.7 Å². The summed E-state index contributed by atoms with van der Waals surface area (Å²) in [6, 6.07) is 0. The van der Waals surface area contributed by atoms with Crippen LogP contribution in [-0.4, -0.2) is 18.9 Å². The Hall–Kier alpha value is -1.12. The number of ketones is 1. The van der Waals surface area contributed by atoms with E-state index < -0.39 is 0 Å². The molecule has 0 bridgehead atoms. The van der Waals surface area contributed by atoms with Gasteiger partial charge in [0.25, 0.3) is 0 Å². The van der Waals surface area contributed by atoms with E-state index in [4.69, 9.17) is 14.0 Å². The van der Waals surface area contributed by atoms with E-state index in [0.29, 0.717) is 0 Å². The Morgan fingerprint density at radius 2 is 1.65 bits per heavy atom. The maximum absolute atomic E-state index is 10.3. The second-order valence-corrected chi connectivity index (χ2v) is 1.60.